The molecule has 0 aliphatic carbocycles. The van der Waals surface area contributed by atoms with Crippen LogP contribution in [0, 0.1) is 0 Å². The maximum absolute atomic E-state index is 14.1. The number of alkyl halides is 17. The Morgan fingerprint density at radius 1 is 0.550 bits per heavy atom. The largest absolute Gasteiger partial charge is 0.493 e. The van der Waals surface area contributed by atoms with Crippen LogP contribution in [0.1, 0.15) is 0 Å². The van der Waals surface area contributed by atoms with Gasteiger partial charge in [0.2, 0.25) is 5.75 Å². The van der Waals surface area contributed by atoms with Crippen molar-refractivity contribution in [2.75, 3.05) is 26.6 Å². The summed E-state index contributed by atoms with van der Waals surface area (Å²) in [7, 11) is 2.71. The van der Waals surface area contributed by atoms with E-state index >= 15 is 0 Å². The van der Waals surface area contributed by atoms with E-state index in [0.29, 0.717) is 12.1 Å². The van der Waals surface area contributed by atoms with Crippen molar-refractivity contribution in [3.63, 3.8) is 0 Å². The van der Waals surface area contributed by atoms with E-state index in [1.165, 1.54) is 0 Å². The molecule has 40 heavy (non-hydrogen) atoms. The Morgan fingerprint density at radius 3 is 1.18 bits per heavy atom. The molecule has 1 amide bonds. The minimum absolute atomic E-state index is 0.356. The first-order valence-electron chi connectivity index (χ1n) is 9.41. The number of amides is 1. The Balaban J connectivity index is 3.64. The Bertz CT molecular complexity index is 1080. The Labute approximate surface area is 210 Å². The summed E-state index contributed by atoms with van der Waals surface area (Å²) in [6.07, 6.45) is -7.86. The third-order valence-corrected chi connectivity index (χ3v) is 4.93. The number of anilines is 1. The van der Waals surface area contributed by atoms with Gasteiger partial charge in [-0.05, 0) is 0 Å². The van der Waals surface area contributed by atoms with Gasteiger partial charge in [0.1, 0.15) is 0 Å². The van der Waals surface area contributed by atoms with E-state index in [2.05, 4.69) is 9.47 Å². The van der Waals surface area contributed by atoms with Crippen LogP contribution in [0.5, 0.6) is 17.2 Å². The molecule has 1 rings (SSSR count). The van der Waals surface area contributed by atoms with Crippen molar-refractivity contribution in [1.29, 1.82) is 0 Å². The standard InChI is InChI=1S/C18H12F17NO4/c1-38-7-4-6(5-8(39-2)9(7)40-3)36-10(37)11(19,20)12(21,22)13(23,24)14(25,26)15(27,28)16(29,30)17(31,32)18(33,34)35/h4-5H,1-3H3,(H,36,37). The van der Waals surface area contributed by atoms with Crippen molar-refractivity contribution in [3.05, 3.63) is 12.1 Å². The molecule has 0 heterocycles. The first-order chi connectivity index (χ1) is 17.6. The Kier molecular flexibility index (Phi) is 8.79. The van der Waals surface area contributed by atoms with Crippen LogP contribution in [0.2, 0.25) is 0 Å². The Morgan fingerprint density at radius 2 is 0.875 bits per heavy atom. The molecule has 0 aliphatic rings. The molecule has 0 aromatic heterocycles. The number of benzene rings is 1. The van der Waals surface area contributed by atoms with Gasteiger partial charge in [-0.3, -0.25) is 4.79 Å². The van der Waals surface area contributed by atoms with E-state index in [1.807, 2.05) is 0 Å². The first-order valence-corrected chi connectivity index (χ1v) is 9.41. The summed E-state index contributed by atoms with van der Waals surface area (Å²) in [5.41, 5.74) is -1.13. The summed E-state index contributed by atoms with van der Waals surface area (Å²) in [6, 6.07) is 0.905. The van der Waals surface area contributed by atoms with Crippen LogP contribution in [-0.2, 0) is 4.79 Å². The number of nitrogens with one attached hydrogen (secondary N) is 1. The third-order valence-electron chi connectivity index (χ3n) is 4.93. The van der Waals surface area contributed by atoms with Gasteiger partial charge >= 0.3 is 53.5 Å². The van der Waals surface area contributed by atoms with E-state index in [4.69, 9.17) is 4.74 Å². The molecule has 0 bridgehead atoms. The van der Waals surface area contributed by atoms with Gasteiger partial charge in [0, 0.05) is 17.8 Å². The highest BCUT2D eigenvalue weighted by Gasteiger charge is 2.95. The van der Waals surface area contributed by atoms with Crippen LogP contribution < -0.4 is 19.5 Å². The normalized spacial score (nSPS) is 14.6. The first kappa shape index (κ1) is 34.9. The van der Waals surface area contributed by atoms with Crippen molar-refractivity contribution in [1.82, 2.24) is 0 Å². The number of carbonyl (C=O) groups is 1. The Hall–Kier alpha value is -3.10. The monoisotopic (exact) mass is 629 g/mol. The van der Waals surface area contributed by atoms with E-state index < -0.39 is 70.7 Å². The number of hydrogen-bond donors (Lipinski definition) is 1. The molecule has 1 aromatic rings. The van der Waals surface area contributed by atoms with Crippen LogP contribution >= 0.6 is 0 Å². The lowest BCUT2D eigenvalue weighted by atomic mass is 9.89. The second-order valence-corrected chi connectivity index (χ2v) is 7.39. The fourth-order valence-electron chi connectivity index (χ4n) is 2.67. The van der Waals surface area contributed by atoms with E-state index in [9.17, 15) is 79.4 Å². The molecule has 0 spiro atoms. The van der Waals surface area contributed by atoms with Gasteiger partial charge in [-0.25, -0.2) is 0 Å². The van der Waals surface area contributed by atoms with Gasteiger partial charge in [0.05, 0.1) is 21.3 Å². The van der Waals surface area contributed by atoms with E-state index in [-0.39, 0.29) is 5.75 Å². The summed E-state index contributed by atoms with van der Waals surface area (Å²) in [6.45, 7) is 0. The molecule has 1 aromatic carbocycles. The summed E-state index contributed by atoms with van der Waals surface area (Å²) in [5, 5.41) is 0.759. The lowest BCUT2D eigenvalue weighted by Crippen LogP contribution is -2.75. The van der Waals surface area contributed by atoms with Crippen molar-refractivity contribution in [2.24, 2.45) is 0 Å². The average molecular weight is 629 g/mol. The summed E-state index contributed by atoms with van der Waals surface area (Å²) >= 11 is 0. The van der Waals surface area contributed by atoms with Crippen molar-refractivity contribution in [2.45, 2.75) is 47.6 Å². The fourth-order valence-corrected chi connectivity index (χ4v) is 2.67. The van der Waals surface area contributed by atoms with E-state index in [0.717, 1.165) is 26.6 Å². The van der Waals surface area contributed by atoms with Crippen LogP contribution in [0.15, 0.2) is 12.1 Å². The van der Waals surface area contributed by atoms with Gasteiger partial charge < -0.3 is 19.5 Å². The quantitative estimate of drug-likeness (QED) is 0.279. The minimum atomic E-state index is -8.80. The highest BCUT2D eigenvalue weighted by molar-refractivity contribution is 5.97. The van der Waals surface area contributed by atoms with Gasteiger partial charge in [0.25, 0.3) is 0 Å². The maximum Gasteiger partial charge on any atom is 0.460 e. The number of rotatable bonds is 11. The summed E-state index contributed by atoms with van der Waals surface area (Å²) in [5.74, 6) is -63.7. The molecule has 0 saturated carbocycles. The molecule has 0 fully saturated rings. The number of methoxy groups -OCH3 is 3. The SMILES string of the molecule is COc1cc(NC(=O)C(F)(F)C(F)(F)C(F)(F)C(F)(F)C(F)(F)C(F)(F)C(F)(F)C(F)(F)F)cc(OC)c1OC. The van der Waals surface area contributed by atoms with Crippen molar-refractivity contribution < 1.29 is 93.6 Å². The molecule has 0 radical (unpaired) electrons. The van der Waals surface area contributed by atoms with Crippen LogP contribution in [0.4, 0.5) is 80.3 Å². The molecule has 0 unspecified atom stereocenters. The molecule has 232 valence electrons. The number of halogens is 17. The molecular formula is C18H12F17NO4. The molecule has 22 heteroatoms. The predicted octanol–water partition coefficient (Wildman–Crippen LogP) is 6.66. The number of ether oxygens (including phenoxy) is 3. The molecular weight excluding hydrogens is 617 g/mol. The third kappa shape index (κ3) is 4.75. The summed E-state index contributed by atoms with van der Waals surface area (Å²) < 4.78 is 241. The zero-order valence-electron chi connectivity index (χ0n) is 19.2. The molecule has 0 atom stereocenters. The second kappa shape index (κ2) is 10.1. The van der Waals surface area contributed by atoms with Crippen LogP contribution in [0.3, 0.4) is 0 Å². The van der Waals surface area contributed by atoms with Crippen molar-refractivity contribution in [3.8, 4) is 17.2 Å². The lowest BCUT2D eigenvalue weighted by Gasteiger charge is -2.42. The average Bonchev–Trinajstić information content (AvgIpc) is 2.81. The number of hydrogen-bond acceptors (Lipinski definition) is 4. The fraction of sp³-hybridized carbons (Fsp3) is 0.611. The van der Waals surface area contributed by atoms with Gasteiger partial charge in [-0.15, -0.1) is 0 Å². The molecule has 1 N–H and O–H groups in total. The van der Waals surface area contributed by atoms with Crippen molar-refractivity contribution >= 4 is 11.6 Å². The van der Waals surface area contributed by atoms with Gasteiger partial charge in [-0.1, -0.05) is 0 Å². The lowest BCUT2D eigenvalue weighted by molar-refractivity contribution is -0.459. The number of carbonyl (C=O) groups excluding carboxylic acids is 1. The maximum atomic E-state index is 14.1. The summed E-state index contributed by atoms with van der Waals surface area (Å²) in [4.78, 5) is 11.7. The molecule has 5 nitrogen and oxygen atoms in total. The zero-order valence-corrected chi connectivity index (χ0v) is 19.2. The minimum Gasteiger partial charge on any atom is -0.493 e. The highest BCUT2D eigenvalue weighted by atomic mass is 19.4. The van der Waals surface area contributed by atoms with Gasteiger partial charge in [0.15, 0.2) is 11.5 Å². The second-order valence-electron chi connectivity index (χ2n) is 7.39. The smallest absolute Gasteiger partial charge is 0.460 e. The molecule has 0 saturated heterocycles. The van der Waals surface area contributed by atoms with Crippen LogP contribution in [-0.4, -0.2) is 74.9 Å². The molecule has 0 aliphatic heterocycles. The topological polar surface area (TPSA) is 56.8 Å². The van der Waals surface area contributed by atoms with Gasteiger partial charge in [-0.2, -0.15) is 74.6 Å². The van der Waals surface area contributed by atoms with Crippen LogP contribution in [0.25, 0.3) is 0 Å². The predicted molar refractivity (Wildman–Crippen MR) is 95.4 cm³/mol. The zero-order chi connectivity index (χ0) is 32.1. The van der Waals surface area contributed by atoms with E-state index in [1.54, 1.807) is 0 Å². The highest BCUT2D eigenvalue weighted by Crippen LogP contribution is 2.64.